The summed E-state index contributed by atoms with van der Waals surface area (Å²) in [5.74, 6) is 2.12. The number of rotatable bonds is 6. The van der Waals surface area contributed by atoms with E-state index in [2.05, 4.69) is 33.0 Å². The van der Waals surface area contributed by atoms with Crippen LogP contribution in [0.25, 0.3) is 0 Å². The maximum atomic E-state index is 5.36. The molecule has 0 unspecified atom stereocenters. The molecule has 5 nitrogen and oxygen atoms in total. The van der Waals surface area contributed by atoms with Crippen LogP contribution in [0.3, 0.4) is 0 Å². The van der Waals surface area contributed by atoms with Gasteiger partial charge in [-0.2, -0.15) is 4.98 Å². The highest BCUT2D eigenvalue weighted by Crippen LogP contribution is 2.35. The van der Waals surface area contributed by atoms with Crippen molar-refractivity contribution in [3.8, 4) is 0 Å². The number of hydrogen-bond donors (Lipinski definition) is 0. The van der Waals surface area contributed by atoms with Crippen LogP contribution in [-0.4, -0.2) is 26.6 Å². The zero-order valence-corrected chi connectivity index (χ0v) is 11.8. The Morgan fingerprint density at radius 1 is 1.35 bits per heavy atom. The average molecular weight is 272 g/mol. The van der Waals surface area contributed by atoms with Gasteiger partial charge in [0, 0.05) is 24.9 Å². The minimum absolute atomic E-state index is 0.504. The molecule has 106 valence electrons. The first-order chi connectivity index (χ1) is 9.85. The minimum atomic E-state index is 0.504. The van der Waals surface area contributed by atoms with E-state index in [1.165, 1.54) is 24.8 Å². The second-order valence-corrected chi connectivity index (χ2v) is 5.34. The predicted molar refractivity (Wildman–Crippen MR) is 74.9 cm³/mol. The summed E-state index contributed by atoms with van der Waals surface area (Å²) in [4.78, 5) is 11.0. The SMILES string of the molecule is CCN(Cc1cccnc1)Cc1noc(C2CCC2)n1. The molecule has 2 heterocycles. The van der Waals surface area contributed by atoms with Crippen molar-refractivity contribution in [2.24, 2.45) is 0 Å². The van der Waals surface area contributed by atoms with E-state index in [9.17, 15) is 0 Å². The van der Waals surface area contributed by atoms with Crippen molar-refractivity contribution in [3.05, 3.63) is 41.8 Å². The van der Waals surface area contributed by atoms with Crippen LogP contribution in [0.5, 0.6) is 0 Å². The highest BCUT2D eigenvalue weighted by atomic mass is 16.5. The van der Waals surface area contributed by atoms with Crippen LogP contribution < -0.4 is 0 Å². The lowest BCUT2D eigenvalue weighted by Crippen LogP contribution is -2.23. The van der Waals surface area contributed by atoms with Gasteiger partial charge in [0.1, 0.15) is 0 Å². The molecule has 0 spiro atoms. The van der Waals surface area contributed by atoms with Crippen molar-refractivity contribution >= 4 is 0 Å². The maximum Gasteiger partial charge on any atom is 0.229 e. The third-order valence-electron chi connectivity index (χ3n) is 3.88. The fraction of sp³-hybridized carbons (Fsp3) is 0.533. The van der Waals surface area contributed by atoms with E-state index in [1.807, 2.05) is 12.3 Å². The molecular formula is C15H20N4O. The molecular weight excluding hydrogens is 252 g/mol. The lowest BCUT2D eigenvalue weighted by molar-refractivity contribution is 0.255. The Balaban J connectivity index is 1.61. The Labute approximate surface area is 119 Å². The van der Waals surface area contributed by atoms with Gasteiger partial charge in [0.2, 0.25) is 5.89 Å². The van der Waals surface area contributed by atoms with E-state index in [4.69, 9.17) is 4.52 Å². The third kappa shape index (κ3) is 3.04. The van der Waals surface area contributed by atoms with Crippen LogP contribution in [0.4, 0.5) is 0 Å². The number of pyridine rings is 1. The van der Waals surface area contributed by atoms with Gasteiger partial charge in [-0.25, -0.2) is 0 Å². The van der Waals surface area contributed by atoms with Crippen LogP contribution in [-0.2, 0) is 13.1 Å². The summed E-state index contributed by atoms with van der Waals surface area (Å²) in [5, 5.41) is 4.11. The molecule has 0 radical (unpaired) electrons. The summed E-state index contributed by atoms with van der Waals surface area (Å²) in [6.45, 7) is 4.67. The van der Waals surface area contributed by atoms with Crippen molar-refractivity contribution < 1.29 is 4.52 Å². The number of aromatic nitrogens is 3. The average Bonchev–Trinajstić information content (AvgIpc) is 2.85. The molecule has 0 N–H and O–H groups in total. The summed E-state index contributed by atoms with van der Waals surface area (Å²) in [7, 11) is 0. The largest absolute Gasteiger partial charge is 0.339 e. The number of hydrogen-bond acceptors (Lipinski definition) is 5. The topological polar surface area (TPSA) is 55.1 Å². The Morgan fingerprint density at radius 3 is 2.90 bits per heavy atom. The zero-order valence-electron chi connectivity index (χ0n) is 11.8. The summed E-state index contributed by atoms with van der Waals surface area (Å²) < 4.78 is 5.36. The van der Waals surface area contributed by atoms with Gasteiger partial charge in [-0.15, -0.1) is 0 Å². The molecule has 1 aliphatic carbocycles. The Bertz CT molecular complexity index is 536. The van der Waals surface area contributed by atoms with Gasteiger partial charge in [-0.05, 0) is 31.0 Å². The van der Waals surface area contributed by atoms with Crippen LogP contribution >= 0.6 is 0 Å². The van der Waals surface area contributed by atoms with Gasteiger partial charge in [-0.3, -0.25) is 9.88 Å². The Kier molecular flexibility index (Phi) is 4.06. The van der Waals surface area contributed by atoms with Gasteiger partial charge in [-0.1, -0.05) is 24.6 Å². The van der Waals surface area contributed by atoms with E-state index in [1.54, 1.807) is 6.20 Å². The summed E-state index contributed by atoms with van der Waals surface area (Å²) in [5.41, 5.74) is 1.21. The molecule has 0 atom stereocenters. The Morgan fingerprint density at radius 2 is 2.25 bits per heavy atom. The molecule has 0 amide bonds. The molecule has 3 rings (SSSR count). The van der Waals surface area contributed by atoms with E-state index in [-0.39, 0.29) is 0 Å². The van der Waals surface area contributed by atoms with Crippen LogP contribution in [0.15, 0.2) is 29.0 Å². The molecule has 0 aromatic carbocycles. The van der Waals surface area contributed by atoms with Crippen LogP contribution in [0.2, 0.25) is 0 Å². The van der Waals surface area contributed by atoms with Crippen molar-refractivity contribution in [2.75, 3.05) is 6.54 Å². The highest BCUT2D eigenvalue weighted by Gasteiger charge is 2.25. The Hall–Kier alpha value is -1.75. The molecule has 2 aromatic heterocycles. The van der Waals surface area contributed by atoms with Crippen molar-refractivity contribution in [3.63, 3.8) is 0 Å². The van der Waals surface area contributed by atoms with E-state index >= 15 is 0 Å². The summed E-state index contributed by atoms with van der Waals surface area (Å²) >= 11 is 0. The third-order valence-corrected chi connectivity index (χ3v) is 3.88. The zero-order chi connectivity index (χ0) is 13.8. The maximum absolute atomic E-state index is 5.36. The lowest BCUT2D eigenvalue weighted by Gasteiger charge is -2.20. The second-order valence-electron chi connectivity index (χ2n) is 5.34. The molecule has 1 saturated carbocycles. The molecule has 5 heteroatoms. The highest BCUT2D eigenvalue weighted by molar-refractivity contribution is 5.08. The molecule has 1 aliphatic rings. The smallest absolute Gasteiger partial charge is 0.229 e. The molecule has 2 aromatic rings. The first-order valence-corrected chi connectivity index (χ1v) is 7.29. The second kappa shape index (κ2) is 6.13. The molecule has 20 heavy (non-hydrogen) atoms. The quantitative estimate of drug-likeness (QED) is 0.809. The lowest BCUT2D eigenvalue weighted by atomic mass is 9.85. The van der Waals surface area contributed by atoms with Crippen molar-refractivity contribution in [1.82, 2.24) is 20.0 Å². The van der Waals surface area contributed by atoms with Gasteiger partial charge in [0.15, 0.2) is 5.82 Å². The monoisotopic (exact) mass is 272 g/mol. The van der Waals surface area contributed by atoms with Crippen molar-refractivity contribution in [2.45, 2.75) is 45.2 Å². The first kappa shape index (κ1) is 13.2. The van der Waals surface area contributed by atoms with E-state index in [0.717, 1.165) is 31.3 Å². The van der Waals surface area contributed by atoms with Gasteiger partial charge >= 0.3 is 0 Å². The molecule has 0 saturated heterocycles. The summed E-state index contributed by atoms with van der Waals surface area (Å²) in [6.07, 6.45) is 7.36. The van der Waals surface area contributed by atoms with Crippen LogP contribution in [0, 0.1) is 0 Å². The standard InChI is InChI=1S/C15H20N4O/c1-2-19(10-12-5-4-8-16-9-12)11-14-17-15(20-18-14)13-6-3-7-13/h4-5,8-9,13H,2-3,6-7,10-11H2,1H3. The number of nitrogens with zero attached hydrogens (tertiary/aromatic N) is 4. The van der Waals surface area contributed by atoms with Gasteiger partial charge in [0.05, 0.1) is 6.54 Å². The van der Waals surface area contributed by atoms with E-state index in [0.29, 0.717) is 5.92 Å². The first-order valence-electron chi connectivity index (χ1n) is 7.29. The normalized spacial score (nSPS) is 15.5. The van der Waals surface area contributed by atoms with Crippen molar-refractivity contribution in [1.29, 1.82) is 0 Å². The fourth-order valence-electron chi connectivity index (χ4n) is 2.38. The summed E-state index contributed by atoms with van der Waals surface area (Å²) in [6, 6.07) is 4.05. The van der Waals surface area contributed by atoms with Gasteiger partial charge in [0.25, 0.3) is 0 Å². The van der Waals surface area contributed by atoms with Crippen LogP contribution in [0.1, 0.15) is 49.4 Å². The van der Waals surface area contributed by atoms with E-state index < -0.39 is 0 Å². The fourth-order valence-corrected chi connectivity index (χ4v) is 2.38. The molecule has 1 fully saturated rings. The molecule has 0 bridgehead atoms. The predicted octanol–water partition coefficient (Wildman–Crippen LogP) is 2.75. The van der Waals surface area contributed by atoms with Gasteiger partial charge < -0.3 is 4.52 Å². The molecule has 0 aliphatic heterocycles. The minimum Gasteiger partial charge on any atom is -0.339 e.